The number of carbonyl (C=O) groups is 2. The average Bonchev–Trinajstić information content (AvgIpc) is 2.89. The number of hydrogen-bond acceptors (Lipinski definition) is 3. The molecule has 0 aromatic heterocycles. The second kappa shape index (κ2) is 9.38. The Bertz CT molecular complexity index is 1360. The molecule has 0 unspecified atom stereocenters. The van der Waals surface area contributed by atoms with Crippen molar-refractivity contribution in [1.29, 1.82) is 0 Å². The van der Waals surface area contributed by atoms with Crippen molar-refractivity contribution in [1.82, 2.24) is 0 Å². The van der Waals surface area contributed by atoms with Crippen molar-refractivity contribution >= 4 is 46.4 Å². The fourth-order valence-corrected chi connectivity index (χ4v) is 4.31. The third kappa shape index (κ3) is 4.66. The van der Waals surface area contributed by atoms with Gasteiger partial charge in [-0.25, -0.2) is 17.6 Å². The molecule has 2 N–H and O–H groups in total. The van der Waals surface area contributed by atoms with Gasteiger partial charge in [-0.15, -0.1) is 0 Å². The number of fused-ring (bicyclic) bond motifs is 1. The van der Waals surface area contributed by atoms with Gasteiger partial charge in [-0.1, -0.05) is 23.2 Å². The van der Waals surface area contributed by atoms with Gasteiger partial charge in [0.1, 0.15) is 0 Å². The summed E-state index contributed by atoms with van der Waals surface area (Å²) in [7, 11) is 0. The summed E-state index contributed by atoms with van der Waals surface area (Å²) in [5, 5.41) is 13.0. The van der Waals surface area contributed by atoms with Crippen molar-refractivity contribution in [2.24, 2.45) is 0 Å². The van der Waals surface area contributed by atoms with Gasteiger partial charge in [0.25, 0.3) is 17.7 Å². The maximum absolute atomic E-state index is 14.8. The maximum Gasteiger partial charge on any atom is 0.281 e. The third-order valence-electron chi connectivity index (χ3n) is 6.02. The Kier molecular flexibility index (Phi) is 6.76. The summed E-state index contributed by atoms with van der Waals surface area (Å²) < 4.78 is 56.3. The summed E-state index contributed by atoms with van der Waals surface area (Å²) in [6.45, 7) is 0.608. The Labute approximate surface area is 213 Å². The van der Waals surface area contributed by atoms with E-state index in [1.807, 2.05) is 0 Å². The zero-order valence-corrected chi connectivity index (χ0v) is 20.1. The summed E-state index contributed by atoms with van der Waals surface area (Å²) in [6.07, 6.45) is -0.791. The van der Waals surface area contributed by atoms with E-state index in [0.717, 1.165) is 11.8 Å². The third-order valence-corrected chi connectivity index (χ3v) is 6.57. The lowest BCUT2D eigenvalue weighted by atomic mass is 9.87. The van der Waals surface area contributed by atoms with Gasteiger partial charge in [-0.2, -0.15) is 0 Å². The number of hydrogen-bond donors (Lipinski definition) is 2. The van der Waals surface area contributed by atoms with E-state index in [9.17, 15) is 32.3 Å². The molecular weight excluding hydrogens is 523 g/mol. The van der Waals surface area contributed by atoms with Gasteiger partial charge in [0.2, 0.25) is 0 Å². The predicted molar refractivity (Wildman–Crippen MR) is 128 cm³/mol. The van der Waals surface area contributed by atoms with Crippen LogP contribution in [-0.2, 0) is 5.60 Å². The van der Waals surface area contributed by atoms with Crippen molar-refractivity contribution in [2.75, 3.05) is 16.8 Å². The number of alkyl halides is 2. The van der Waals surface area contributed by atoms with Crippen LogP contribution in [0.3, 0.4) is 0 Å². The first-order valence-electron chi connectivity index (χ1n) is 10.6. The molecule has 0 aliphatic carbocycles. The van der Waals surface area contributed by atoms with Crippen LogP contribution in [0.5, 0.6) is 0 Å². The quantitative estimate of drug-likeness (QED) is 0.297. The standard InChI is InChI=1S/C25H18Cl2F4N2O3/c1-24(36)17-10-14(26)4-7-21(17)33(9-8-25(24,30)31)23(35)13-2-5-15(6-3-13)32-22(34)16-11-19(28)20(29)12-18(16)27/h2-7,10-12,36H,8-9H2,1H3,(H,32,34)/t24-/m0/s1. The summed E-state index contributed by atoms with van der Waals surface area (Å²) in [4.78, 5) is 26.8. The van der Waals surface area contributed by atoms with E-state index in [2.05, 4.69) is 5.32 Å². The van der Waals surface area contributed by atoms with Crippen molar-refractivity contribution in [3.8, 4) is 0 Å². The Balaban J connectivity index is 1.60. The van der Waals surface area contributed by atoms with Crippen molar-refractivity contribution < 1.29 is 32.3 Å². The molecule has 36 heavy (non-hydrogen) atoms. The smallest absolute Gasteiger partial charge is 0.281 e. The first-order chi connectivity index (χ1) is 16.8. The zero-order valence-electron chi connectivity index (χ0n) is 18.6. The number of rotatable bonds is 3. The molecule has 4 rings (SSSR count). The minimum atomic E-state index is -3.53. The van der Waals surface area contributed by atoms with E-state index >= 15 is 0 Å². The molecule has 3 aromatic rings. The molecule has 0 radical (unpaired) electrons. The number of amides is 2. The van der Waals surface area contributed by atoms with Gasteiger partial charge in [-0.05, 0) is 61.5 Å². The molecule has 0 saturated carbocycles. The minimum absolute atomic E-state index is 0.0944. The fourth-order valence-electron chi connectivity index (χ4n) is 3.90. The second-order valence-corrected chi connectivity index (χ2v) is 9.27. The van der Waals surface area contributed by atoms with Gasteiger partial charge in [0, 0.05) is 34.8 Å². The molecule has 11 heteroatoms. The lowest BCUT2D eigenvalue weighted by molar-refractivity contribution is -0.177. The van der Waals surface area contributed by atoms with Crippen molar-refractivity contribution in [3.63, 3.8) is 0 Å². The van der Waals surface area contributed by atoms with Gasteiger partial charge < -0.3 is 15.3 Å². The van der Waals surface area contributed by atoms with Crippen LogP contribution in [0.4, 0.5) is 28.9 Å². The lowest BCUT2D eigenvalue weighted by Gasteiger charge is -2.32. The monoisotopic (exact) mass is 540 g/mol. The number of halogens is 6. The predicted octanol–water partition coefficient (Wildman–Crippen LogP) is 6.42. The van der Waals surface area contributed by atoms with E-state index < -0.39 is 41.4 Å². The molecule has 1 aliphatic heterocycles. The number of nitrogens with zero attached hydrogens (tertiary/aromatic N) is 1. The van der Waals surface area contributed by atoms with Crippen LogP contribution in [0.15, 0.2) is 54.6 Å². The van der Waals surface area contributed by atoms with Crippen molar-refractivity contribution in [3.05, 3.63) is 93.0 Å². The van der Waals surface area contributed by atoms with E-state index in [1.165, 1.54) is 42.5 Å². The largest absolute Gasteiger partial charge is 0.379 e. The Morgan fingerprint density at radius 1 is 1.00 bits per heavy atom. The minimum Gasteiger partial charge on any atom is -0.379 e. The molecule has 3 aromatic carbocycles. The van der Waals surface area contributed by atoms with Crippen molar-refractivity contribution in [2.45, 2.75) is 24.9 Å². The molecule has 2 amide bonds. The number of aliphatic hydroxyl groups is 1. The molecule has 0 spiro atoms. The highest BCUT2D eigenvalue weighted by Crippen LogP contribution is 2.47. The Morgan fingerprint density at radius 3 is 2.31 bits per heavy atom. The highest BCUT2D eigenvalue weighted by molar-refractivity contribution is 6.34. The van der Waals surface area contributed by atoms with Gasteiger partial charge in [0.05, 0.1) is 16.3 Å². The van der Waals surface area contributed by atoms with Crippen LogP contribution in [-0.4, -0.2) is 29.4 Å². The molecule has 0 fully saturated rings. The van der Waals surface area contributed by atoms with Crippen LogP contribution in [0.25, 0.3) is 0 Å². The molecule has 0 bridgehead atoms. The van der Waals surface area contributed by atoms with Gasteiger partial charge in [-0.3, -0.25) is 9.59 Å². The second-order valence-electron chi connectivity index (χ2n) is 8.42. The summed E-state index contributed by atoms with van der Waals surface area (Å²) in [5.74, 6) is -7.39. The summed E-state index contributed by atoms with van der Waals surface area (Å²) in [5.41, 5.74) is -2.60. The first kappa shape index (κ1) is 25.9. The molecule has 1 atom stereocenters. The normalized spacial score (nSPS) is 18.8. The Morgan fingerprint density at radius 2 is 1.64 bits per heavy atom. The SMILES string of the molecule is C[C@]1(O)c2cc(Cl)ccc2N(C(=O)c2ccc(NC(=O)c3cc(F)c(F)cc3Cl)cc2)CCC1(F)F. The molecular formula is C25H18Cl2F4N2O3. The van der Waals surface area contributed by atoms with Crippen LogP contribution < -0.4 is 10.2 Å². The van der Waals surface area contributed by atoms with Crippen LogP contribution >= 0.6 is 23.2 Å². The lowest BCUT2D eigenvalue weighted by Crippen LogP contribution is -2.42. The first-order valence-corrected chi connectivity index (χ1v) is 11.4. The van der Waals surface area contributed by atoms with Crippen LogP contribution in [0.2, 0.25) is 10.0 Å². The molecule has 1 heterocycles. The zero-order chi connectivity index (χ0) is 26.4. The van der Waals surface area contributed by atoms with E-state index in [1.54, 1.807) is 0 Å². The van der Waals surface area contributed by atoms with Gasteiger partial charge in [0.15, 0.2) is 17.2 Å². The van der Waals surface area contributed by atoms with Gasteiger partial charge >= 0.3 is 0 Å². The Hall–Kier alpha value is -3.14. The van der Waals surface area contributed by atoms with Crippen LogP contribution in [0.1, 0.15) is 39.6 Å². The number of carbonyl (C=O) groups excluding carboxylic acids is 2. The van der Waals surface area contributed by atoms with E-state index in [-0.39, 0.29) is 44.7 Å². The van der Waals surface area contributed by atoms with Crippen LogP contribution in [0, 0.1) is 11.6 Å². The number of nitrogens with one attached hydrogen (secondary N) is 1. The molecule has 5 nitrogen and oxygen atoms in total. The van der Waals surface area contributed by atoms with E-state index in [0.29, 0.717) is 12.1 Å². The van der Waals surface area contributed by atoms with E-state index in [4.69, 9.17) is 23.2 Å². The topological polar surface area (TPSA) is 69.6 Å². The fraction of sp³-hybridized carbons (Fsp3) is 0.200. The summed E-state index contributed by atoms with van der Waals surface area (Å²) >= 11 is 11.8. The average molecular weight is 541 g/mol. The molecule has 188 valence electrons. The highest BCUT2D eigenvalue weighted by atomic mass is 35.5. The number of anilines is 2. The summed E-state index contributed by atoms with van der Waals surface area (Å²) in [6, 6.07) is 10.9. The maximum atomic E-state index is 14.8. The molecule has 0 saturated heterocycles. The highest BCUT2D eigenvalue weighted by Gasteiger charge is 2.53. The number of benzene rings is 3. The molecule has 1 aliphatic rings.